The molecule has 118 valence electrons. The third kappa shape index (κ3) is 3.71. The lowest BCUT2D eigenvalue weighted by Gasteiger charge is -2.08. The zero-order valence-corrected chi connectivity index (χ0v) is 14.5. The number of nitrogens with zero attached hydrogens (tertiary/aromatic N) is 2. The highest BCUT2D eigenvalue weighted by atomic mass is 32.2. The minimum absolute atomic E-state index is 0.102. The number of rotatable bonds is 5. The summed E-state index contributed by atoms with van der Waals surface area (Å²) in [4.78, 5) is 21.4. The van der Waals surface area contributed by atoms with Crippen LogP contribution in [0.3, 0.4) is 0 Å². The molecule has 0 N–H and O–H groups in total. The lowest BCUT2D eigenvalue weighted by atomic mass is 10.1. The number of carbonyl (C=O) groups is 1. The summed E-state index contributed by atoms with van der Waals surface area (Å²) in [6.45, 7) is 3.69. The Hall–Kier alpha value is -1.92. The summed E-state index contributed by atoms with van der Waals surface area (Å²) in [5.41, 5.74) is 2.23. The van der Waals surface area contributed by atoms with E-state index in [2.05, 4.69) is 27.5 Å². The van der Waals surface area contributed by atoms with Gasteiger partial charge in [0.15, 0.2) is 0 Å². The zero-order valence-electron chi connectivity index (χ0n) is 12.9. The fourth-order valence-corrected chi connectivity index (χ4v) is 3.99. The molecule has 0 aliphatic carbocycles. The fraction of sp³-hybridized carbons (Fsp3) is 0.235. The highest BCUT2D eigenvalue weighted by Gasteiger charge is 2.15. The second-order valence-electron chi connectivity index (χ2n) is 5.20. The Morgan fingerprint density at radius 3 is 2.78 bits per heavy atom. The maximum absolute atomic E-state index is 11.8. The molecule has 0 spiro atoms. The Morgan fingerprint density at radius 1 is 1.26 bits per heavy atom. The third-order valence-electron chi connectivity index (χ3n) is 3.11. The topological polar surface area (TPSA) is 52.1 Å². The smallest absolute Gasteiger partial charge is 0.316 e. The van der Waals surface area contributed by atoms with Crippen LogP contribution in [0.5, 0.6) is 0 Å². The number of benzene rings is 1. The molecule has 0 saturated carbocycles. The molecule has 3 aromatic rings. The lowest BCUT2D eigenvalue weighted by molar-refractivity contribution is -0.144. The molecule has 0 bridgehead atoms. The van der Waals surface area contributed by atoms with Gasteiger partial charge in [-0.05, 0) is 19.4 Å². The van der Waals surface area contributed by atoms with Crippen LogP contribution in [0.15, 0.2) is 47.1 Å². The molecular formula is C17H16N2O2S2. The quantitative estimate of drug-likeness (QED) is 0.390. The molecule has 0 aliphatic heterocycles. The predicted molar refractivity (Wildman–Crippen MR) is 94.8 cm³/mol. The van der Waals surface area contributed by atoms with Crippen LogP contribution in [-0.2, 0) is 9.53 Å². The average molecular weight is 344 g/mol. The van der Waals surface area contributed by atoms with Crippen molar-refractivity contribution in [3.05, 3.63) is 42.0 Å². The predicted octanol–water partition coefficient (Wildman–Crippen LogP) is 4.40. The van der Waals surface area contributed by atoms with Crippen LogP contribution in [0.4, 0.5) is 0 Å². The Bertz CT molecular complexity index is 816. The average Bonchev–Trinajstić information content (AvgIpc) is 2.98. The molecule has 2 aromatic heterocycles. The van der Waals surface area contributed by atoms with Gasteiger partial charge in [-0.3, -0.25) is 4.79 Å². The molecule has 0 aliphatic rings. The van der Waals surface area contributed by atoms with Gasteiger partial charge < -0.3 is 4.74 Å². The van der Waals surface area contributed by atoms with Gasteiger partial charge >= 0.3 is 5.97 Å². The molecule has 0 radical (unpaired) electrons. The zero-order chi connectivity index (χ0) is 16.2. The van der Waals surface area contributed by atoms with E-state index in [0.717, 1.165) is 26.4 Å². The van der Waals surface area contributed by atoms with E-state index in [1.807, 2.05) is 32.0 Å². The van der Waals surface area contributed by atoms with Crippen LogP contribution in [-0.4, -0.2) is 27.8 Å². The third-order valence-corrected chi connectivity index (χ3v) is 4.96. The molecule has 0 saturated heterocycles. The monoisotopic (exact) mass is 344 g/mol. The molecule has 0 amide bonds. The highest BCUT2D eigenvalue weighted by molar-refractivity contribution is 8.00. The van der Waals surface area contributed by atoms with E-state index in [0.29, 0.717) is 0 Å². The van der Waals surface area contributed by atoms with Crippen LogP contribution < -0.4 is 0 Å². The van der Waals surface area contributed by atoms with Gasteiger partial charge in [0.1, 0.15) is 16.2 Å². The fourth-order valence-electron chi connectivity index (χ4n) is 2.21. The molecule has 0 atom stereocenters. The van der Waals surface area contributed by atoms with Crippen molar-refractivity contribution in [2.24, 2.45) is 0 Å². The van der Waals surface area contributed by atoms with Crippen molar-refractivity contribution in [2.75, 3.05) is 5.75 Å². The van der Waals surface area contributed by atoms with Crippen molar-refractivity contribution in [3.63, 3.8) is 0 Å². The first-order valence-electron chi connectivity index (χ1n) is 7.25. The molecule has 23 heavy (non-hydrogen) atoms. The van der Waals surface area contributed by atoms with Crippen molar-refractivity contribution < 1.29 is 9.53 Å². The number of fused-ring (bicyclic) bond motifs is 1. The van der Waals surface area contributed by atoms with Gasteiger partial charge in [0.2, 0.25) is 0 Å². The number of thioether (sulfide) groups is 1. The molecule has 1 aromatic carbocycles. The second-order valence-corrected chi connectivity index (χ2v) is 7.02. The van der Waals surface area contributed by atoms with Gasteiger partial charge in [0.05, 0.1) is 17.2 Å². The van der Waals surface area contributed by atoms with Crippen LogP contribution in [0.2, 0.25) is 0 Å². The van der Waals surface area contributed by atoms with Crippen LogP contribution in [0.25, 0.3) is 21.3 Å². The minimum atomic E-state index is -0.228. The maximum atomic E-state index is 11.8. The summed E-state index contributed by atoms with van der Waals surface area (Å²) in [6, 6.07) is 10.1. The van der Waals surface area contributed by atoms with Gasteiger partial charge in [-0.2, -0.15) is 0 Å². The second kappa shape index (κ2) is 7.10. The number of ether oxygens (including phenoxy) is 1. The molecule has 2 heterocycles. The van der Waals surface area contributed by atoms with Crippen LogP contribution in [0, 0.1) is 0 Å². The number of thiophene rings is 1. The van der Waals surface area contributed by atoms with E-state index >= 15 is 0 Å². The number of hydrogen-bond acceptors (Lipinski definition) is 6. The number of aromatic nitrogens is 2. The Balaban J connectivity index is 1.92. The summed E-state index contributed by atoms with van der Waals surface area (Å²) in [7, 11) is 0. The van der Waals surface area contributed by atoms with Crippen molar-refractivity contribution >= 4 is 39.3 Å². The van der Waals surface area contributed by atoms with E-state index in [1.165, 1.54) is 11.8 Å². The van der Waals surface area contributed by atoms with Gasteiger partial charge in [-0.1, -0.05) is 42.1 Å². The molecule has 3 rings (SSSR count). The van der Waals surface area contributed by atoms with Crippen molar-refractivity contribution in [1.29, 1.82) is 0 Å². The summed E-state index contributed by atoms with van der Waals surface area (Å²) < 4.78 is 5.18. The largest absolute Gasteiger partial charge is 0.462 e. The molecule has 6 heteroatoms. The van der Waals surface area contributed by atoms with E-state index in [1.54, 1.807) is 17.7 Å². The summed E-state index contributed by atoms with van der Waals surface area (Å²) in [6.07, 6.45) is 1.44. The lowest BCUT2D eigenvalue weighted by Crippen LogP contribution is -2.13. The van der Waals surface area contributed by atoms with Crippen molar-refractivity contribution in [1.82, 2.24) is 9.97 Å². The van der Waals surface area contributed by atoms with Crippen LogP contribution in [0.1, 0.15) is 13.8 Å². The normalized spacial score (nSPS) is 11.1. The standard InChI is InChI=1S/C17H16N2O2S2/c1-11(2)21-14(20)9-23-17-15-13(12-6-4-3-5-7-12)8-22-16(15)18-10-19-17/h3-8,10-11H,9H2,1-2H3. The van der Waals surface area contributed by atoms with Crippen molar-refractivity contribution in [3.8, 4) is 11.1 Å². The van der Waals surface area contributed by atoms with Gasteiger partial charge in [0.25, 0.3) is 0 Å². The molecule has 0 fully saturated rings. The van der Waals surface area contributed by atoms with Crippen LogP contribution >= 0.6 is 23.1 Å². The number of esters is 1. The first kappa shape index (κ1) is 16.0. The van der Waals surface area contributed by atoms with Gasteiger partial charge in [0, 0.05) is 10.9 Å². The Kier molecular flexibility index (Phi) is 4.93. The maximum Gasteiger partial charge on any atom is 0.316 e. The van der Waals surface area contributed by atoms with E-state index in [-0.39, 0.29) is 17.8 Å². The minimum Gasteiger partial charge on any atom is -0.462 e. The van der Waals surface area contributed by atoms with Gasteiger partial charge in [-0.15, -0.1) is 11.3 Å². The Labute approximate surface area is 142 Å². The first-order chi connectivity index (χ1) is 11.1. The van der Waals surface area contributed by atoms with E-state index in [9.17, 15) is 4.79 Å². The first-order valence-corrected chi connectivity index (χ1v) is 9.11. The summed E-state index contributed by atoms with van der Waals surface area (Å²) in [5, 5.41) is 3.91. The number of hydrogen-bond donors (Lipinski definition) is 0. The van der Waals surface area contributed by atoms with Gasteiger partial charge in [-0.25, -0.2) is 9.97 Å². The summed E-state index contributed by atoms with van der Waals surface area (Å²) >= 11 is 2.98. The molecule has 0 unspecified atom stereocenters. The number of carbonyl (C=O) groups excluding carboxylic acids is 1. The molecular weight excluding hydrogens is 328 g/mol. The van der Waals surface area contributed by atoms with Crippen molar-refractivity contribution in [2.45, 2.75) is 25.0 Å². The Morgan fingerprint density at radius 2 is 2.04 bits per heavy atom. The van der Waals surface area contributed by atoms with E-state index < -0.39 is 0 Å². The SMILES string of the molecule is CC(C)OC(=O)CSc1ncnc2scc(-c3ccccc3)c12. The van der Waals surface area contributed by atoms with E-state index in [4.69, 9.17) is 4.74 Å². The highest BCUT2D eigenvalue weighted by Crippen LogP contribution is 2.37. The summed E-state index contributed by atoms with van der Waals surface area (Å²) in [5.74, 6) is 0.0159. The molecule has 4 nitrogen and oxygen atoms in total.